The van der Waals surface area contributed by atoms with Gasteiger partial charge in [-0.05, 0) is 37.1 Å². The summed E-state index contributed by atoms with van der Waals surface area (Å²) in [6.45, 7) is 2.02. The van der Waals surface area contributed by atoms with Crippen molar-refractivity contribution in [3.63, 3.8) is 0 Å². The summed E-state index contributed by atoms with van der Waals surface area (Å²) < 4.78 is 0. The molecule has 1 fully saturated rings. The molecule has 20 heavy (non-hydrogen) atoms. The normalized spacial score (nSPS) is 14.3. The van der Waals surface area contributed by atoms with Gasteiger partial charge in [0.15, 0.2) is 11.5 Å². The van der Waals surface area contributed by atoms with E-state index in [1.807, 2.05) is 12.1 Å². The van der Waals surface area contributed by atoms with Gasteiger partial charge >= 0.3 is 0 Å². The molecule has 0 aromatic carbocycles. The fourth-order valence-electron chi connectivity index (χ4n) is 2.18. The van der Waals surface area contributed by atoms with Crippen LogP contribution in [0.15, 0.2) is 36.5 Å². The second-order valence-electron chi connectivity index (χ2n) is 4.64. The van der Waals surface area contributed by atoms with Crippen LogP contribution in [0.1, 0.15) is 23.3 Å². The molecular formula is C14H15N5O. The molecule has 3 heterocycles. The Balaban J connectivity index is 1.69. The molecule has 1 amide bonds. The van der Waals surface area contributed by atoms with Crippen molar-refractivity contribution in [1.82, 2.24) is 15.2 Å². The lowest BCUT2D eigenvalue weighted by atomic mass is 10.3. The summed E-state index contributed by atoms with van der Waals surface area (Å²) in [7, 11) is 0. The van der Waals surface area contributed by atoms with Crippen LogP contribution in [-0.2, 0) is 0 Å². The highest BCUT2D eigenvalue weighted by Crippen LogP contribution is 2.16. The van der Waals surface area contributed by atoms with Gasteiger partial charge in [-0.3, -0.25) is 4.79 Å². The highest BCUT2D eigenvalue weighted by Gasteiger charge is 2.15. The third-order valence-electron chi connectivity index (χ3n) is 3.22. The minimum Gasteiger partial charge on any atom is -0.355 e. The highest BCUT2D eigenvalue weighted by molar-refractivity contribution is 6.02. The molecule has 0 bridgehead atoms. The Hall–Kier alpha value is -2.50. The average Bonchev–Trinajstić information content (AvgIpc) is 3.03. The van der Waals surface area contributed by atoms with E-state index in [4.69, 9.17) is 0 Å². The van der Waals surface area contributed by atoms with Crippen LogP contribution in [0, 0.1) is 0 Å². The lowest BCUT2D eigenvalue weighted by Crippen LogP contribution is -2.21. The number of nitrogens with one attached hydrogen (secondary N) is 1. The van der Waals surface area contributed by atoms with Gasteiger partial charge < -0.3 is 10.2 Å². The van der Waals surface area contributed by atoms with Gasteiger partial charge in [-0.25, -0.2) is 4.98 Å². The van der Waals surface area contributed by atoms with Crippen molar-refractivity contribution >= 4 is 17.5 Å². The molecule has 0 aliphatic carbocycles. The van der Waals surface area contributed by atoms with Gasteiger partial charge in [-0.1, -0.05) is 6.07 Å². The number of carbonyl (C=O) groups excluding carboxylic acids is 1. The minimum atomic E-state index is -0.302. The second-order valence-corrected chi connectivity index (χ2v) is 4.64. The third kappa shape index (κ3) is 2.74. The Morgan fingerprint density at radius 1 is 1.10 bits per heavy atom. The predicted molar refractivity (Wildman–Crippen MR) is 75.7 cm³/mol. The number of aromatic nitrogens is 3. The largest absolute Gasteiger partial charge is 0.355 e. The molecule has 0 radical (unpaired) electrons. The standard InChI is InChI=1S/C14H15N5O/c20-14(16-12-5-1-2-8-15-12)11-6-7-13(18-17-11)19-9-3-4-10-19/h1-2,5-8H,3-4,9-10H2,(H,15,16,20). The molecule has 2 aromatic heterocycles. The van der Waals surface area contributed by atoms with Gasteiger partial charge in [0.1, 0.15) is 5.82 Å². The number of nitrogens with zero attached hydrogens (tertiary/aromatic N) is 4. The fraction of sp³-hybridized carbons (Fsp3) is 0.286. The maximum Gasteiger partial charge on any atom is 0.277 e. The lowest BCUT2D eigenvalue weighted by molar-refractivity contribution is 0.102. The minimum absolute atomic E-state index is 0.290. The fourth-order valence-corrected chi connectivity index (χ4v) is 2.18. The summed E-state index contributed by atoms with van der Waals surface area (Å²) in [6.07, 6.45) is 3.99. The first-order valence-electron chi connectivity index (χ1n) is 6.64. The zero-order chi connectivity index (χ0) is 13.8. The van der Waals surface area contributed by atoms with Crippen molar-refractivity contribution in [1.29, 1.82) is 0 Å². The van der Waals surface area contributed by atoms with Crippen molar-refractivity contribution < 1.29 is 4.79 Å². The van der Waals surface area contributed by atoms with Crippen LogP contribution in [0.4, 0.5) is 11.6 Å². The number of anilines is 2. The van der Waals surface area contributed by atoms with Gasteiger partial charge in [0.25, 0.3) is 5.91 Å². The van der Waals surface area contributed by atoms with Crippen LogP contribution >= 0.6 is 0 Å². The molecule has 0 atom stereocenters. The Kier molecular flexibility index (Phi) is 3.54. The topological polar surface area (TPSA) is 71.0 Å². The Morgan fingerprint density at radius 3 is 2.60 bits per heavy atom. The summed E-state index contributed by atoms with van der Waals surface area (Å²) in [5.41, 5.74) is 0.290. The third-order valence-corrected chi connectivity index (χ3v) is 3.22. The smallest absolute Gasteiger partial charge is 0.277 e. The molecule has 2 aromatic rings. The van der Waals surface area contributed by atoms with Crippen molar-refractivity contribution in [2.24, 2.45) is 0 Å². The number of rotatable bonds is 3. The second kappa shape index (κ2) is 5.64. The molecule has 1 N–H and O–H groups in total. The van der Waals surface area contributed by atoms with Gasteiger partial charge in [-0.2, -0.15) is 0 Å². The van der Waals surface area contributed by atoms with E-state index in [-0.39, 0.29) is 5.91 Å². The molecule has 1 saturated heterocycles. The highest BCUT2D eigenvalue weighted by atomic mass is 16.2. The molecule has 6 nitrogen and oxygen atoms in total. The van der Waals surface area contributed by atoms with E-state index in [0.717, 1.165) is 18.9 Å². The van der Waals surface area contributed by atoms with Crippen LogP contribution in [0.3, 0.4) is 0 Å². The molecule has 0 spiro atoms. The summed E-state index contributed by atoms with van der Waals surface area (Å²) in [6, 6.07) is 8.86. The Morgan fingerprint density at radius 2 is 1.95 bits per heavy atom. The van der Waals surface area contributed by atoms with E-state index < -0.39 is 0 Å². The zero-order valence-corrected chi connectivity index (χ0v) is 11.0. The van der Waals surface area contributed by atoms with E-state index in [9.17, 15) is 4.79 Å². The molecule has 102 valence electrons. The Bertz CT molecular complexity index is 578. The molecule has 0 saturated carbocycles. The van der Waals surface area contributed by atoms with Crippen molar-refractivity contribution in [3.05, 3.63) is 42.2 Å². The van der Waals surface area contributed by atoms with E-state index >= 15 is 0 Å². The molecule has 6 heteroatoms. The summed E-state index contributed by atoms with van der Waals surface area (Å²) in [5, 5.41) is 10.8. The first kappa shape index (κ1) is 12.5. The van der Waals surface area contributed by atoms with Gasteiger partial charge in [-0.15, -0.1) is 10.2 Å². The van der Waals surface area contributed by atoms with Gasteiger partial charge in [0.05, 0.1) is 0 Å². The number of hydrogen-bond acceptors (Lipinski definition) is 5. The quantitative estimate of drug-likeness (QED) is 0.918. The molecule has 1 aliphatic rings. The van der Waals surface area contributed by atoms with Crippen LogP contribution < -0.4 is 10.2 Å². The van der Waals surface area contributed by atoms with Gasteiger partial charge in [0.2, 0.25) is 0 Å². The maximum absolute atomic E-state index is 12.0. The molecular weight excluding hydrogens is 254 g/mol. The van der Waals surface area contributed by atoms with Crippen molar-refractivity contribution in [3.8, 4) is 0 Å². The van der Waals surface area contributed by atoms with E-state index in [2.05, 4.69) is 25.4 Å². The first-order valence-corrected chi connectivity index (χ1v) is 6.64. The SMILES string of the molecule is O=C(Nc1ccccn1)c1ccc(N2CCCC2)nn1. The summed E-state index contributed by atoms with van der Waals surface area (Å²) >= 11 is 0. The van der Waals surface area contributed by atoms with E-state index in [1.165, 1.54) is 12.8 Å². The van der Waals surface area contributed by atoms with Crippen LogP contribution in [0.25, 0.3) is 0 Å². The van der Waals surface area contributed by atoms with Crippen molar-refractivity contribution in [2.75, 3.05) is 23.3 Å². The molecule has 1 aliphatic heterocycles. The van der Waals surface area contributed by atoms with Crippen molar-refractivity contribution in [2.45, 2.75) is 12.8 Å². The Labute approximate surface area is 116 Å². The van der Waals surface area contributed by atoms with E-state index in [1.54, 1.807) is 24.4 Å². The van der Waals surface area contributed by atoms with E-state index in [0.29, 0.717) is 11.5 Å². The number of pyridine rings is 1. The number of amides is 1. The number of hydrogen-bond donors (Lipinski definition) is 1. The molecule has 0 unspecified atom stereocenters. The van der Waals surface area contributed by atoms with Crippen LogP contribution in [0.2, 0.25) is 0 Å². The average molecular weight is 269 g/mol. The zero-order valence-electron chi connectivity index (χ0n) is 11.0. The predicted octanol–water partition coefficient (Wildman–Crippen LogP) is 1.72. The van der Waals surface area contributed by atoms with Crippen LogP contribution in [0.5, 0.6) is 0 Å². The van der Waals surface area contributed by atoms with Gasteiger partial charge in [0, 0.05) is 19.3 Å². The first-order chi connectivity index (χ1) is 9.83. The maximum atomic E-state index is 12.0. The van der Waals surface area contributed by atoms with Crippen LogP contribution in [-0.4, -0.2) is 34.2 Å². The number of carbonyl (C=O) groups is 1. The monoisotopic (exact) mass is 269 g/mol. The molecule has 3 rings (SSSR count). The summed E-state index contributed by atoms with van der Waals surface area (Å²) in [5.74, 6) is 1.03. The lowest BCUT2D eigenvalue weighted by Gasteiger charge is -2.15. The summed E-state index contributed by atoms with van der Waals surface area (Å²) in [4.78, 5) is 18.2.